The number of rotatable bonds is 7. The Kier molecular flexibility index (Phi) is 6.94. The van der Waals surface area contributed by atoms with Gasteiger partial charge in [0.25, 0.3) is 5.91 Å². The predicted octanol–water partition coefficient (Wildman–Crippen LogP) is 3.35. The van der Waals surface area contributed by atoms with E-state index >= 15 is 0 Å². The number of anilines is 1. The molecule has 0 bridgehead atoms. The second-order valence-electron chi connectivity index (χ2n) is 8.67. The van der Waals surface area contributed by atoms with Crippen LogP contribution < -0.4 is 9.64 Å². The summed E-state index contributed by atoms with van der Waals surface area (Å²) in [4.78, 5) is 17.1. The standard InChI is InChI=1S/C24H32N2O4S/c1-17-12-18(2)14-23(13-17)30-19(3)24(27)26(22-10-11-31(28,29)16-22)15-20-6-8-21(9-7-20)25(4)5/h6-9,12-14,19,22H,10-11,15-16H2,1-5H3. The van der Waals surface area contributed by atoms with Gasteiger partial charge >= 0.3 is 0 Å². The molecular weight excluding hydrogens is 412 g/mol. The fourth-order valence-electron chi connectivity index (χ4n) is 3.99. The van der Waals surface area contributed by atoms with Crippen LogP contribution in [0.5, 0.6) is 5.75 Å². The van der Waals surface area contributed by atoms with Crippen molar-refractivity contribution in [2.75, 3.05) is 30.5 Å². The van der Waals surface area contributed by atoms with Gasteiger partial charge in [0.1, 0.15) is 5.75 Å². The van der Waals surface area contributed by atoms with Crippen LogP contribution in [0.1, 0.15) is 30.0 Å². The molecule has 2 aromatic rings. The number of hydrogen-bond acceptors (Lipinski definition) is 5. The van der Waals surface area contributed by atoms with Crippen LogP contribution in [0.4, 0.5) is 5.69 Å². The number of sulfone groups is 1. The number of hydrogen-bond donors (Lipinski definition) is 0. The predicted molar refractivity (Wildman–Crippen MR) is 124 cm³/mol. The molecule has 0 aromatic heterocycles. The summed E-state index contributed by atoms with van der Waals surface area (Å²) < 4.78 is 30.2. The Labute approximate surface area is 185 Å². The van der Waals surface area contributed by atoms with E-state index in [1.54, 1.807) is 11.8 Å². The van der Waals surface area contributed by atoms with Gasteiger partial charge in [-0.05, 0) is 68.1 Å². The quantitative estimate of drug-likeness (QED) is 0.655. The Hall–Kier alpha value is -2.54. The summed E-state index contributed by atoms with van der Waals surface area (Å²) in [6, 6.07) is 13.5. The number of ether oxygens (including phenoxy) is 1. The lowest BCUT2D eigenvalue weighted by Gasteiger charge is -2.31. The molecule has 1 amide bonds. The van der Waals surface area contributed by atoms with Crippen LogP contribution in [-0.2, 0) is 21.2 Å². The first kappa shape index (κ1) is 23.1. The molecule has 1 fully saturated rings. The summed E-state index contributed by atoms with van der Waals surface area (Å²) >= 11 is 0. The second-order valence-corrected chi connectivity index (χ2v) is 10.9. The zero-order valence-electron chi connectivity index (χ0n) is 19.0. The highest BCUT2D eigenvalue weighted by Gasteiger charge is 2.36. The molecule has 1 saturated heterocycles. The molecule has 2 atom stereocenters. The van der Waals surface area contributed by atoms with E-state index in [9.17, 15) is 13.2 Å². The Bertz CT molecular complexity index is 1010. The average Bonchev–Trinajstić information content (AvgIpc) is 3.04. The molecule has 31 heavy (non-hydrogen) atoms. The molecule has 0 aliphatic carbocycles. The lowest BCUT2D eigenvalue weighted by Crippen LogP contribution is -2.46. The van der Waals surface area contributed by atoms with Crippen LogP contribution in [0.3, 0.4) is 0 Å². The summed E-state index contributed by atoms with van der Waals surface area (Å²) in [6.07, 6.45) is -0.259. The SMILES string of the molecule is Cc1cc(C)cc(OC(C)C(=O)N(Cc2ccc(N(C)C)cc2)C2CCS(=O)(=O)C2)c1. The smallest absolute Gasteiger partial charge is 0.263 e. The summed E-state index contributed by atoms with van der Waals surface area (Å²) in [5.74, 6) is 0.573. The van der Waals surface area contributed by atoms with Gasteiger partial charge in [0, 0.05) is 32.4 Å². The van der Waals surface area contributed by atoms with Crippen molar-refractivity contribution in [3.8, 4) is 5.75 Å². The van der Waals surface area contributed by atoms with Gasteiger partial charge in [-0.3, -0.25) is 4.79 Å². The normalized spacial score (nSPS) is 18.4. The van der Waals surface area contributed by atoms with Crippen LogP contribution in [0.15, 0.2) is 42.5 Å². The molecule has 168 valence electrons. The molecule has 1 aliphatic rings. The number of nitrogens with zero attached hydrogens (tertiary/aromatic N) is 2. The van der Waals surface area contributed by atoms with E-state index in [4.69, 9.17) is 4.74 Å². The molecule has 6 nitrogen and oxygen atoms in total. The Balaban J connectivity index is 1.81. The molecule has 1 aliphatic heterocycles. The third-order valence-electron chi connectivity index (χ3n) is 5.59. The van der Waals surface area contributed by atoms with Crippen LogP contribution in [0.2, 0.25) is 0 Å². The molecule has 2 unspecified atom stereocenters. The van der Waals surface area contributed by atoms with Crippen molar-refractivity contribution in [1.29, 1.82) is 0 Å². The second kappa shape index (κ2) is 9.30. The third kappa shape index (κ3) is 6.00. The molecule has 0 N–H and O–H groups in total. The topological polar surface area (TPSA) is 66.9 Å². The number of amides is 1. The molecule has 0 radical (unpaired) electrons. The summed E-state index contributed by atoms with van der Waals surface area (Å²) in [5, 5.41) is 0. The monoisotopic (exact) mass is 444 g/mol. The minimum absolute atomic E-state index is 0.00476. The Morgan fingerprint density at radius 2 is 1.71 bits per heavy atom. The highest BCUT2D eigenvalue weighted by Crippen LogP contribution is 2.24. The van der Waals surface area contributed by atoms with E-state index in [-0.39, 0.29) is 23.5 Å². The first-order chi connectivity index (χ1) is 14.5. The third-order valence-corrected chi connectivity index (χ3v) is 7.34. The summed E-state index contributed by atoms with van der Waals surface area (Å²) in [5.41, 5.74) is 4.15. The van der Waals surface area contributed by atoms with Gasteiger partial charge in [-0.1, -0.05) is 18.2 Å². The van der Waals surface area contributed by atoms with E-state index in [1.807, 2.05) is 75.3 Å². The van der Waals surface area contributed by atoms with E-state index in [2.05, 4.69) is 0 Å². The van der Waals surface area contributed by atoms with Crippen molar-refractivity contribution in [3.63, 3.8) is 0 Å². The molecule has 3 rings (SSSR count). The number of carbonyl (C=O) groups excluding carboxylic acids is 1. The average molecular weight is 445 g/mol. The molecule has 0 spiro atoms. The van der Waals surface area contributed by atoms with Crippen molar-refractivity contribution >= 4 is 21.4 Å². The molecule has 0 saturated carbocycles. The van der Waals surface area contributed by atoms with Crippen molar-refractivity contribution < 1.29 is 17.9 Å². The van der Waals surface area contributed by atoms with E-state index < -0.39 is 15.9 Å². The largest absolute Gasteiger partial charge is 0.481 e. The minimum Gasteiger partial charge on any atom is -0.481 e. The maximum atomic E-state index is 13.4. The zero-order chi connectivity index (χ0) is 22.8. The van der Waals surface area contributed by atoms with Crippen molar-refractivity contribution in [3.05, 3.63) is 59.2 Å². The van der Waals surface area contributed by atoms with E-state index in [1.165, 1.54) is 0 Å². The van der Waals surface area contributed by atoms with Crippen LogP contribution in [0.25, 0.3) is 0 Å². The van der Waals surface area contributed by atoms with Crippen molar-refractivity contribution in [2.45, 2.75) is 45.9 Å². The number of carbonyl (C=O) groups is 1. The van der Waals surface area contributed by atoms with Gasteiger partial charge in [0.15, 0.2) is 15.9 Å². The first-order valence-corrected chi connectivity index (χ1v) is 12.4. The molecule has 7 heteroatoms. The van der Waals surface area contributed by atoms with Crippen molar-refractivity contribution in [2.24, 2.45) is 0 Å². The fourth-order valence-corrected chi connectivity index (χ4v) is 5.72. The number of benzene rings is 2. The van der Waals surface area contributed by atoms with Gasteiger partial charge in [0.2, 0.25) is 0 Å². The lowest BCUT2D eigenvalue weighted by atomic mass is 10.1. The van der Waals surface area contributed by atoms with Gasteiger partial charge in [-0.2, -0.15) is 0 Å². The van der Waals surface area contributed by atoms with Gasteiger partial charge in [-0.15, -0.1) is 0 Å². The summed E-state index contributed by atoms with van der Waals surface area (Å²) in [6.45, 7) is 6.05. The highest BCUT2D eigenvalue weighted by atomic mass is 32.2. The molecule has 1 heterocycles. The molecule has 2 aromatic carbocycles. The Morgan fingerprint density at radius 3 is 2.23 bits per heavy atom. The number of aryl methyl sites for hydroxylation is 2. The van der Waals surface area contributed by atoms with E-state index in [0.717, 1.165) is 22.4 Å². The maximum absolute atomic E-state index is 13.4. The van der Waals surface area contributed by atoms with Gasteiger partial charge < -0.3 is 14.5 Å². The lowest BCUT2D eigenvalue weighted by molar-refractivity contribution is -0.140. The van der Waals surface area contributed by atoms with Gasteiger partial charge in [0.05, 0.1) is 11.5 Å². The van der Waals surface area contributed by atoms with Gasteiger partial charge in [-0.25, -0.2) is 8.42 Å². The Morgan fingerprint density at radius 1 is 1.10 bits per heavy atom. The fraction of sp³-hybridized carbons (Fsp3) is 0.458. The maximum Gasteiger partial charge on any atom is 0.263 e. The summed E-state index contributed by atoms with van der Waals surface area (Å²) in [7, 11) is 0.824. The first-order valence-electron chi connectivity index (χ1n) is 10.6. The minimum atomic E-state index is -3.12. The molecular formula is C24H32N2O4S. The van der Waals surface area contributed by atoms with Crippen LogP contribution in [0, 0.1) is 13.8 Å². The van der Waals surface area contributed by atoms with Crippen LogP contribution >= 0.6 is 0 Å². The zero-order valence-corrected chi connectivity index (χ0v) is 19.8. The van der Waals surface area contributed by atoms with E-state index in [0.29, 0.717) is 18.7 Å². The highest BCUT2D eigenvalue weighted by molar-refractivity contribution is 7.91. The van der Waals surface area contributed by atoms with Crippen LogP contribution in [-0.4, -0.2) is 57.0 Å². The van der Waals surface area contributed by atoms with Crippen molar-refractivity contribution in [1.82, 2.24) is 4.90 Å².